The summed E-state index contributed by atoms with van der Waals surface area (Å²) in [5.74, 6) is -0.510. The first kappa shape index (κ1) is 18.5. The number of hydrogen-bond donors (Lipinski definition) is 3. The Bertz CT molecular complexity index is 1030. The Morgan fingerprint density at radius 3 is 2.75 bits per heavy atom. The normalized spacial score (nSPS) is 20.0. The number of anilines is 1. The third-order valence-electron chi connectivity index (χ3n) is 5.49. The fourth-order valence-electron chi connectivity index (χ4n) is 4.11. The molecule has 4 rings (SSSR count). The molecule has 8 heteroatoms. The third kappa shape index (κ3) is 3.23. The van der Waals surface area contributed by atoms with Gasteiger partial charge in [0.15, 0.2) is 5.82 Å². The Kier molecular flexibility index (Phi) is 4.78. The average Bonchev–Trinajstić information content (AvgIpc) is 3.26. The van der Waals surface area contributed by atoms with E-state index in [2.05, 4.69) is 27.5 Å². The molecule has 3 N–H and O–H groups in total. The summed E-state index contributed by atoms with van der Waals surface area (Å²) >= 11 is 0. The van der Waals surface area contributed by atoms with Crippen molar-refractivity contribution in [2.75, 3.05) is 5.32 Å². The fraction of sp³-hybridized carbons (Fsp3) is 0.500. The number of aromatic nitrogens is 4. The highest BCUT2D eigenvalue weighted by molar-refractivity contribution is 6.40. The van der Waals surface area contributed by atoms with Crippen LogP contribution >= 0.6 is 0 Å². The number of carbonyl (C=O) groups excluding carboxylic acids is 2. The molecule has 0 bridgehead atoms. The number of nitrogens with one attached hydrogen (secondary N) is 3. The minimum absolute atomic E-state index is 0.114. The predicted octanol–water partition coefficient (Wildman–Crippen LogP) is 3.13. The summed E-state index contributed by atoms with van der Waals surface area (Å²) in [7, 11) is 0. The molecule has 1 aliphatic carbocycles. The summed E-state index contributed by atoms with van der Waals surface area (Å²) in [5.41, 5.74) is 1.73. The van der Waals surface area contributed by atoms with Gasteiger partial charge in [0.2, 0.25) is 0 Å². The van der Waals surface area contributed by atoms with E-state index in [9.17, 15) is 9.59 Å². The van der Waals surface area contributed by atoms with Gasteiger partial charge in [0.05, 0.1) is 16.9 Å². The molecule has 3 heterocycles. The van der Waals surface area contributed by atoms with Crippen LogP contribution in [0.2, 0.25) is 0 Å². The number of fused-ring (bicyclic) bond motifs is 3. The number of pyridine rings is 1. The van der Waals surface area contributed by atoms with Crippen molar-refractivity contribution < 1.29 is 9.59 Å². The molecule has 0 unspecified atom stereocenters. The summed E-state index contributed by atoms with van der Waals surface area (Å²) < 4.78 is 2.03. The minimum atomic E-state index is -0.717. The molecule has 1 saturated carbocycles. The molecule has 0 aromatic carbocycles. The van der Waals surface area contributed by atoms with Gasteiger partial charge in [0.1, 0.15) is 5.65 Å². The Labute approximate surface area is 163 Å². The molecule has 0 saturated heterocycles. The number of aromatic amines is 1. The van der Waals surface area contributed by atoms with Crippen LogP contribution < -0.4 is 10.6 Å². The fourth-order valence-corrected chi connectivity index (χ4v) is 4.11. The summed E-state index contributed by atoms with van der Waals surface area (Å²) in [6.07, 6.45) is 8.17. The molecular formula is C20H26N6O2. The van der Waals surface area contributed by atoms with Crippen LogP contribution in [0.15, 0.2) is 18.5 Å². The molecular weight excluding hydrogens is 356 g/mol. The third-order valence-corrected chi connectivity index (χ3v) is 5.49. The van der Waals surface area contributed by atoms with E-state index in [1.165, 1.54) is 6.42 Å². The maximum atomic E-state index is 12.4. The number of nitrogens with zero attached hydrogens (tertiary/aromatic N) is 3. The van der Waals surface area contributed by atoms with E-state index in [0.29, 0.717) is 11.7 Å². The van der Waals surface area contributed by atoms with Gasteiger partial charge in [0, 0.05) is 23.8 Å². The maximum absolute atomic E-state index is 12.4. The van der Waals surface area contributed by atoms with E-state index >= 15 is 0 Å². The number of H-pyrrole nitrogens is 1. The van der Waals surface area contributed by atoms with Crippen LogP contribution in [0.5, 0.6) is 0 Å². The zero-order valence-electron chi connectivity index (χ0n) is 16.5. The molecule has 3 aromatic heterocycles. The van der Waals surface area contributed by atoms with Gasteiger partial charge in [-0.05, 0) is 38.7 Å². The molecule has 0 aliphatic heterocycles. The molecule has 0 radical (unpaired) electrons. The van der Waals surface area contributed by atoms with Crippen molar-refractivity contribution in [2.24, 2.45) is 5.92 Å². The van der Waals surface area contributed by atoms with E-state index < -0.39 is 11.8 Å². The summed E-state index contributed by atoms with van der Waals surface area (Å²) in [6, 6.07) is 2.12. The SMILES string of the molecule is CC(C)NC(=O)C(=O)Nc1nn([C@H]2CCCC[C@H]2C)c2c1cnc1[nH]ccc12. The van der Waals surface area contributed by atoms with Gasteiger partial charge < -0.3 is 15.6 Å². The smallest absolute Gasteiger partial charge is 0.314 e. The number of amides is 2. The van der Waals surface area contributed by atoms with Crippen LogP contribution in [0.25, 0.3) is 21.9 Å². The molecule has 2 atom stereocenters. The van der Waals surface area contributed by atoms with Crippen LogP contribution in [-0.4, -0.2) is 37.6 Å². The van der Waals surface area contributed by atoms with E-state index in [4.69, 9.17) is 5.10 Å². The quantitative estimate of drug-likeness (QED) is 0.605. The zero-order chi connectivity index (χ0) is 19.8. The van der Waals surface area contributed by atoms with Gasteiger partial charge >= 0.3 is 11.8 Å². The second-order valence-corrected chi connectivity index (χ2v) is 7.96. The van der Waals surface area contributed by atoms with E-state index in [1.54, 1.807) is 6.20 Å². The molecule has 8 nitrogen and oxygen atoms in total. The summed E-state index contributed by atoms with van der Waals surface area (Å²) in [4.78, 5) is 32.0. The standard InChI is InChI=1S/C20H26N6O2/c1-11(2)23-19(27)20(28)24-18-14-10-22-17-13(8-9-21-17)16(14)26(25-18)15-7-5-4-6-12(15)3/h8-12,15H,4-7H2,1-3H3,(H,21,22)(H,23,27)(H,24,25,28)/t12-,15+/m1/s1. The number of rotatable bonds is 3. The van der Waals surface area contributed by atoms with Gasteiger partial charge in [-0.1, -0.05) is 19.8 Å². The molecule has 28 heavy (non-hydrogen) atoms. The lowest BCUT2D eigenvalue weighted by Crippen LogP contribution is -2.39. The van der Waals surface area contributed by atoms with Crippen molar-refractivity contribution in [2.45, 2.75) is 58.5 Å². The van der Waals surface area contributed by atoms with Crippen molar-refractivity contribution in [3.05, 3.63) is 18.5 Å². The van der Waals surface area contributed by atoms with Crippen LogP contribution in [0.4, 0.5) is 5.82 Å². The largest absolute Gasteiger partial charge is 0.346 e. The number of carbonyl (C=O) groups is 2. The van der Waals surface area contributed by atoms with Crippen LogP contribution in [-0.2, 0) is 9.59 Å². The molecule has 3 aromatic rings. The summed E-state index contributed by atoms with van der Waals surface area (Å²) in [5, 5.41) is 11.8. The lowest BCUT2D eigenvalue weighted by Gasteiger charge is -2.29. The van der Waals surface area contributed by atoms with E-state index in [1.807, 2.05) is 30.8 Å². The second kappa shape index (κ2) is 7.26. The molecule has 0 spiro atoms. The van der Waals surface area contributed by atoms with Crippen molar-refractivity contribution in [1.29, 1.82) is 0 Å². The second-order valence-electron chi connectivity index (χ2n) is 7.96. The van der Waals surface area contributed by atoms with Crippen LogP contribution in [0.3, 0.4) is 0 Å². The summed E-state index contributed by atoms with van der Waals surface area (Å²) in [6.45, 7) is 5.87. The van der Waals surface area contributed by atoms with Gasteiger partial charge in [-0.25, -0.2) is 4.98 Å². The topological polar surface area (TPSA) is 105 Å². The van der Waals surface area contributed by atoms with Crippen molar-refractivity contribution in [3.8, 4) is 0 Å². The Morgan fingerprint density at radius 2 is 2.00 bits per heavy atom. The van der Waals surface area contributed by atoms with Crippen LogP contribution in [0.1, 0.15) is 52.5 Å². The first-order chi connectivity index (χ1) is 13.5. The van der Waals surface area contributed by atoms with Gasteiger partial charge in [0.25, 0.3) is 0 Å². The van der Waals surface area contributed by atoms with Gasteiger partial charge in [-0.3, -0.25) is 14.3 Å². The number of hydrogen-bond acceptors (Lipinski definition) is 4. The molecule has 148 valence electrons. The van der Waals surface area contributed by atoms with Gasteiger partial charge in [-0.15, -0.1) is 0 Å². The highest BCUT2D eigenvalue weighted by Gasteiger charge is 2.28. The molecule has 1 aliphatic rings. The van der Waals surface area contributed by atoms with E-state index in [-0.39, 0.29) is 12.1 Å². The van der Waals surface area contributed by atoms with Crippen molar-refractivity contribution in [1.82, 2.24) is 25.1 Å². The van der Waals surface area contributed by atoms with Crippen molar-refractivity contribution >= 4 is 39.6 Å². The van der Waals surface area contributed by atoms with Crippen molar-refractivity contribution in [3.63, 3.8) is 0 Å². The molecule has 2 amide bonds. The first-order valence-electron chi connectivity index (χ1n) is 9.92. The Hall–Kier alpha value is -2.90. The predicted molar refractivity (Wildman–Crippen MR) is 108 cm³/mol. The average molecular weight is 382 g/mol. The highest BCUT2D eigenvalue weighted by Crippen LogP contribution is 2.38. The van der Waals surface area contributed by atoms with Gasteiger partial charge in [-0.2, -0.15) is 5.10 Å². The lowest BCUT2D eigenvalue weighted by molar-refractivity contribution is -0.136. The lowest BCUT2D eigenvalue weighted by atomic mass is 9.86. The van der Waals surface area contributed by atoms with E-state index in [0.717, 1.165) is 41.2 Å². The maximum Gasteiger partial charge on any atom is 0.314 e. The monoisotopic (exact) mass is 382 g/mol. The zero-order valence-corrected chi connectivity index (χ0v) is 16.5. The van der Waals surface area contributed by atoms with Crippen LogP contribution in [0, 0.1) is 5.92 Å². The Balaban J connectivity index is 1.79. The Morgan fingerprint density at radius 1 is 1.21 bits per heavy atom. The highest BCUT2D eigenvalue weighted by atomic mass is 16.2. The molecule has 1 fully saturated rings. The first-order valence-corrected chi connectivity index (χ1v) is 9.92. The minimum Gasteiger partial charge on any atom is -0.346 e.